The average Bonchev–Trinajstić information content (AvgIpc) is 3.09. The van der Waals surface area contributed by atoms with Crippen molar-refractivity contribution in [2.45, 2.75) is 71.9 Å². The number of rotatable bonds is 3. The van der Waals surface area contributed by atoms with Gasteiger partial charge >= 0.3 is 12.3 Å². The van der Waals surface area contributed by atoms with E-state index in [4.69, 9.17) is 4.74 Å². The first-order chi connectivity index (χ1) is 15.1. The summed E-state index contributed by atoms with van der Waals surface area (Å²) >= 11 is 0. The molecule has 0 fully saturated rings. The van der Waals surface area contributed by atoms with Gasteiger partial charge in [-0.05, 0) is 39.2 Å². The summed E-state index contributed by atoms with van der Waals surface area (Å²) < 4.78 is 46.1. The summed E-state index contributed by atoms with van der Waals surface area (Å²) in [7, 11) is 0. The Morgan fingerprint density at radius 3 is 2.42 bits per heavy atom. The number of carbonyl (C=O) groups is 2. The third-order valence-corrected chi connectivity index (χ3v) is 6.09. The van der Waals surface area contributed by atoms with Crippen molar-refractivity contribution in [2.24, 2.45) is 11.3 Å². The van der Waals surface area contributed by atoms with Gasteiger partial charge in [-0.2, -0.15) is 13.2 Å². The largest absolute Gasteiger partial charge is 0.444 e. The van der Waals surface area contributed by atoms with Gasteiger partial charge in [0.1, 0.15) is 5.60 Å². The Balaban J connectivity index is 1.80. The number of alkyl halides is 3. The van der Waals surface area contributed by atoms with E-state index in [0.29, 0.717) is 12.5 Å². The smallest absolute Gasteiger partial charge is 0.416 e. The van der Waals surface area contributed by atoms with Gasteiger partial charge in [-0.3, -0.25) is 9.59 Å². The molecule has 0 unspecified atom stereocenters. The summed E-state index contributed by atoms with van der Waals surface area (Å²) in [5, 5.41) is 2.76. The van der Waals surface area contributed by atoms with Crippen molar-refractivity contribution in [3.05, 3.63) is 45.9 Å². The Bertz CT molecular complexity index is 1020. The number of fused-ring (bicyclic) bond motifs is 1. The second-order valence-corrected chi connectivity index (χ2v) is 9.96. The van der Waals surface area contributed by atoms with Gasteiger partial charge in [0, 0.05) is 24.8 Å². The molecule has 0 bridgehead atoms. The van der Waals surface area contributed by atoms with Gasteiger partial charge in [0.15, 0.2) is 0 Å². The number of ether oxygens (including phenoxy) is 1. The predicted octanol–water partition coefficient (Wildman–Crippen LogP) is 3.70. The van der Waals surface area contributed by atoms with Crippen molar-refractivity contribution in [3.8, 4) is 0 Å². The lowest BCUT2D eigenvalue weighted by atomic mass is 9.75. The zero-order valence-electron chi connectivity index (χ0n) is 19.5. The molecule has 0 saturated heterocycles. The highest BCUT2D eigenvalue weighted by Crippen LogP contribution is 2.42. The van der Waals surface area contributed by atoms with Gasteiger partial charge < -0.3 is 19.5 Å². The molecule has 10 heteroatoms. The molecule has 2 heterocycles. The number of carbonyl (C=O) groups excluding carboxylic acids is 2. The molecule has 7 nitrogen and oxygen atoms in total. The minimum atomic E-state index is -4.64. The summed E-state index contributed by atoms with van der Waals surface area (Å²) in [6.45, 7) is 9.28. The Hall–Kier alpha value is -2.78. The fourth-order valence-corrected chi connectivity index (χ4v) is 4.34. The van der Waals surface area contributed by atoms with E-state index in [9.17, 15) is 27.6 Å². The molecule has 0 aromatic carbocycles. The van der Waals surface area contributed by atoms with Gasteiger partial charge in [-0.1, -0.05) is 26.0 Å². The second kappa shape index (κ2) is 8.53. The van der Waals surface area contributed by atoms with E-state index in [-0.39, 0.29) is 37.2 Å². The lowest BCUT2D eigenvalue weighted by molar-refractivity contribution is -0.143. The van der Waals surface area contributed by atoms with E-state index in [2.05, 4.69) is 5.32 Å². The van der Waals surface area contributed by atoms with Gasteiger partial charge in [0.25, 0.3) is 5.56 Å². The fourth-order valence-electron chi connectivity index (χ4n) is 4.34. The molecular weight excluding hydrogens is 439 g/mol. The van der Waals surface area contributed by atoms with Crippen molar-refractivity contribution in [1.82, 2.24) is 14.8 Å². The third kappa shape index (κ3) is 5.25. The number of hydrogen-bond acceptors (Lipinski definition) is 4. The number of nitrogens with one attached hydrogen (secondary N) is 1. The molecule has 1 aliphatic heterocycles. The molecule has 0 radical (unpaired) electrons. The number of amides is 2. The first kappa shape index (κ1) is 24.9. The molecule has 1 N–H and O–H groups in total. The van der Waals surface area contributed by atoms with E-state index in [0.717, 1.165) is 6.07 Å². The van der Waals surface area contributed by atoms with Crippen molar-refractivity contribution in [3.63, 3.8) is 0 Å². The van der Waals surface area contributed by atoms with Gasteiger partial charge in [0.05, 0.1) is 23.6 Å². The maximum atomic E-state index is 13.6. The zero-order valence-corrected chi connectivity index (χ0v) is 19.5. The third-order valence-electron chi connectivity index (χ3n) is 6.09. The van der Waals surface area contributed by atoms with Crippen LogP contribution in [0.25, 0.3) is 0 Å². The lowest BCUT2D eigenvalue weighted by Crippen LogP contribution is -2.50. The average molecular weight is 470 g/mol. The minimum Gasteiger partial charge on any atom is -0.444 e. The molecule has 1 aliphatic carbocycles. The van der Waals surface area contributed by atoms with Crippen LogP contribution < -0.4 is 10.9 Å². The van der Waals surface area contributed by atoms with E-state index in [1.807, 2.05) is 13.8 Å². The van der Waals surface area contributed by atoms with E-state index < -0.39 is 40.5 Å². The number of aromatic nitrogens is 1. The van der Waals surface area contributed by atoms with Gasteiger partial charge in [-0.25, -0.2) is 4.79 Å². The second-order valence-electron chi connectivity index (χ2n) is 9.96. The van der Waals surface area contributed by atoms with Crippen molar-refractivity contribution in [1.29, 1.82) is 0 Å². The Morgan fingerprint density at radius 2 is 1.85 bits per heavy atom. The minimum absolute atomic E-state index is 0.0928. The van der Waals surface area contributed by atoms with Crippen molar-refractivity contribution < 1.29 is 27.5 Å². The highest BCUT2D eigenvalue weighted by molar-refractivity contribution is 5.86. The molecular formula is C23H30F3N3O4. The SMILES string of the molecule is CC(C)[C@]1(C(=O)N2CCn3c(cc(C(F)(F)F)cc3=O)C2)C=C[C@@H](NC(=O)OC(C)(C)C)C1. The summed E-state index contributed by atoms with van der Waals surface area (Å²) in [5.41, 5.74) is -3.18. The molecule has 33 heavy (non-hydrogen) atoms. The van der Waals surface area contributed by atoms with Crippen LogP contribution in [0.15, 0.2) is 29.1 Å². The van der Waals surface area contributed by atoms with Crippen LogP contribution in [0.1, 0.15) is 52.3 Å². The van der Waals surface area contributed by atoms with Crippen LogP contribution in [0.4, 0.5) is 18.0 Å². The molecule has 0 spiro atoms. The maximum absolute atomic E-state index is 13.6. The summed E-state index contributed by atoms with van der Waals surface area (Å²) in [4.78, 5) is 39.5. The highest BCUT2D eigenvalue weighted by Gasteiger charge is 2.47. The molecule has 2 amide bonds. The Labute approximate surface area is 190 Å². The number of alkyl carbamates (subject to hydrolysis) is 1. The van der Waals surface area contributed by atoms with E-state index >= 15 is 0 Å². The number of hydrogen-bond donors (Lipinski definition) is 1. The molecule has 1 aromatic rings. The van der Waals surface area contributed by atoms with Crippen LogP contribution in [-0.2, 0) is 28.8 Å². The van der Waals surface area contributed by atoms with Crippen LogP contribution in [0, 0.1) is 11.3 Å². The summed E-state index contributed by atoms with van der Waals surface area (Å²) in [6.07, 6.45) is -1.39. The first-order valence-corrected chi connectivity index (χ1v) is 10.9. The molecule has 182 valence electrons. The standard InChI is InChI=1S/C23H30F3N3O4/c1-14(2)22(7-6-16(12-22)27-20(32)33-21(3,4)5)19(31)28-8-9-29-17(13-28)10-15(11-18(29)30)23(24,25)26/h6-7,10-11,14,16H,8-9,12-13H2,1-5H3,(H,27,32)/t16-,22+/m1/s1. The number of halogens is 3. The number of pyridine rings is 1. The predicted molar refractivity (Wildman–Crippen MR) is 115 cm³/mol. The Morgan fingerprint density at radius 1 is 1.18 bits per heavy atom. The zero-order chi connectivity index (χ0) is 24.8. The Kier molecular flexibility index (Phi) is 6.43. The van der Waals surface area contributed by atoms with E-state index in [1.54, 1.807) is 32.9 Å². The van der Waals surface area contributed by atoms with Gasteiger partial charge in [-0.15, -0.1) is 0 Å². The highest BCUT2D eigenvalue weighted by atomic mass is 19.4. The molecule has 2 atom stereocenters. The molecule has 1 aromatic heterocycles. The monoisotopic (exact) mass is 469 g/mol. The topological polar surface area (TPSA) is 80.6 Å². The molecule has 2 aliphatic rings. The normalized spacial score (nSPS) is 22.9. The van der Waals surface area contributed by atoms with Crippen LogP contribution in [0.3, 0.4) is 0 Å². The first-order valence-electron chi connectivity index (χ1n) is 10.9. The lowest BCUT2D eigenvalue weighted by Gasteiger charge is -2.39. The fraction of sp³-hybridized carbons (Fsp3) is 0.609. The maximum Gasteiger partial charge on any atom is 0.416 e. The summed E-state index contributed by atoms with van der Waals surface area (Å²) in [5.74, 6) is -0.365. The van der Waals surface area contributed by atoms with Crippen LogP contribution in [-0.4, -0.2) is 39.7 Å². The van der Waals surface area contributed by atoms with Crippen LogP contribution in [0.5, 0.6) is 0 Å². The summed E-state index contributed by atoms with van der Waals surface area (Å²) in [6, 6.07) is 1.10. The van der Waals surface area contributed by atoms with Crippen molar-refractivity contribution >= 4 is 12.0 Å². The van der Waals surface area contributed by atoms with Crippen LogP contribution >= 0.6 is 0 Å². The van der Waals surface area contributed by atoms with Crippen LogP contribution in [0.2, 0.25) is 0 Å². The number of nitrogens with zero attached hydrogens (tertiary/aromatic N) is 2. The van der Waals surface area contributed by atoms with Crippen molar-refractivity contribution in [2.75, 3.05) is 6.54 Å². The molecule has 0 saturated carbocycles. The molecule has 3 rings (SSSR count). The van der Waals surface area contributed by atoms with Gasteiger partial charge in [0.2, 0.25) is 5.91 Å². The van der Waals surface area contributed by atoms with E-state index in [1.165, 1.54) is 9.47 Å². The quantitative estimate of drug-likeness (QED) is 0.685.